The second-order valence-corrected chi connectivity index (χ2v) is 7.34. The molecule has 1 aliphatic rings. The smallest absolute Gasteiger partial charge is 0.270 e. The minimum Gasteiger partial charge on any atom is -0.368 e. The molecule has 1 fully saturated rings. The molecule has 0 saturated carbocycles. The van der Waals surface area contributed by atoms with Crippen LogP contribution in [0.2, 0.25) is 0 Å². The van der Waals surface area contributed by atoms with Crippen molar-refractivity contribution in [1.29, 1.82) is 0 Å². The molecule has 8 nitrogen and oxygen atoms in total. The summed E-state index contributed by atoms with van der Waals surface area (Å²) in [5.74, 6) is -0.718. The van der Waals surface area contributed by atoms with Crippen LogP contribution in [0.25, 0.3) is 11.0 Å². The van der Waals surface area contributed by atoms with Crippen molar-refractivity contribution < 1.29 is 8.91 Å². The molecule has 0 aliphatic carbocycles. The van der Waals surface area contributed by atoms with Crippen LogP contribution in [-0.2, 0) is 13.0 Å². The van der Waals surface area contributed by atoms with Crippen LogP contribution >= 0.6 is 0 Å². The zero-order valence-electron chi connectivity index (χ0n) is 19.8. The van der Waals surface area contributed by atoms with Gasteiger partial charge in [0.1, 0.15) is 11.4 Å². The van der Waals surface area contributed by atoms with Gasteiger partial charge >= 0.3 is 0 Å². The highest BCUT2D eigenvalue weighted by Crippen LogP contribution is 2.18. The van der Waals surface area contributed by atoms with Gasteiger partial charge in [-0.15, -0.1) is 0 Å². The number of hydrogen-bond donors (Lipinski definition) is 2. The number of nitrogens with zero attached hydrogens (tertiary/aromatic N) is 4. The third-order valence-corrected chi connectivity index (χ3v) is 5.40. The number of H-pyrrole nitrogens is 1. The Kier molecular flexibility index (Phi) is 4.75. The number of anilines is 1. The van der Waals surface area contributed by atoms with Crippen molar-refractivity contribution in [3.8, 4) is 0 Å². The van der Waals surface area contributed by atoms with E-state index in [4.69, 9.17) is 4.11 Å². The summed E-state index contributed by atoms with van der Waals surface area (Å²) in [7, 11) is 0. The second-order valence-electron chi connectivity index (χ2n) is 7.34. The minimum atomic E-state index is -2.54. The summed E-state index contributed by atoms with van der Waals surface area (Å²) in [4.78, 5) is 40.0. The Morgan fingerprint density at radius 2 is 2.07 bits per heavy atom. The SMILES string of the molecule is [2H]C([2H])([2H])NC(=O)c1ccc(N2CCN(Cc3ccc4nc(CC)c(=O)[nH]c4c3)CC2)cn1. The molecular formula is C22H26N6O2. The maximum absolute atomic E-state index is 12.1. The van der Waals surface area contributed by atoms with E-state index in [2.05, 4.69) is 24.8 Å². The Hall–Kier alpha value is -3.26. The van der Waals surface area contributed by atoms with Crippen molar-refractivity contribution in [2.24, 2.45) is 0 Å². The number of piperazine rings is 1. The lowest BCUT2D eigenvalue weighted by atomic mass is 10.1. The predicted octanol–water partition coefficient (Wildman–Crippen LogP) is 1.56. The Bertz CT molecular complexity index is 1200. The maximum atomic E-state index is 12.1. The number of aryl methyl sites for hydroxylation is 1. The van der Waals surface area contributed by atoms with Crippen molar-refractivity contribution in [3.63, 3.8) is 0 Å². The quantitative estimate of drug-likeness (QED) is 0.664. The van der Waals surface area contributed by atoms with Gasteiger partial charge in [-0.2, -0.15) is 0 Å². The minimum absolute atomic E-state index is 0.0726. The van der Waals surface area contributed by atoms with Crippen LogP contribution in [0, 0.1) is 0 Å². The van der Waals surface area contributed by atoms with Crippen molar-refractivity contribution in [3.05, 3.63) is 63.8 Å². The first-order valence-electron chi connectivity index (χ1n) is 11.5. The van der Waals surface area contributed by atoms with Gasteiger partial charge in [-0.05, 0) is 36.2 Å². The normalized spacial score (nSPS) is 16.7. The Labute approximate surface area is 179 Å². The molecule has 0 atom stereocenters. The van der Waals surface area contributed by atoms with Gasteiger partial charge in [-0.1, -0.05) is 13.0 Å². The van der Waals surface area contributed by atoms with Crippen molar-refractivity contribution in [1.82, 2.24) is 25.2 Å². The molecular weight excluding hydrogens is 380 g/mol. The zero-order valence-corrected chi connectivity index (χ0v) is 16.8. The first kappa shape index (κ1) is 16.5. The molecule has 30 heavy (non-hydrogen) atoms. The summed E-state index contributed by atoms with van der Waals surface area (Å²) < 4.78 is 21.4. The fraction of sp³-hybridized carbons (Fsp3) is 0.364. The van der Waals surface area contributed by atoms with E-state index < -0.39 is 12.9 Å². The highest BCUT2D eigenvalue weighted by atomic mass is 16.1. The summed E-state index contributed by atoms with van der Waals surface area (Å²) in [6.45, 7) is 3.45. The van der Waals surface area contributed by atoms with Gasteiger partial charge in [-0.25, -0.2) is 9.97 Å². The number of carbonyl (C=O) groups is 1. The summed E-state index contributed by atoms with van der Waals surface area (Å²) in [5, 5.41) is 1.94. The van der Waals surface area contributed by atoms with Crippen LogP contribution in [0.5, 0.6) is 0 Å². The summed E-state index contributed by atoms with van der Waals surface area (Å²) in [5.41, 5.74) is 4.04. The molecule has 0 spiro atoms. The van der Waals surface area contributed by atoms with Gasteiger partial charge in [-0.3, -0.25) is 14.5 Å². The Morgan fingerprint density at radius 3 is 2.77 bits per heavy atom. The highest BCUT2D eigenvalue weighted by Gasteiger charge is 2.18. The van der Waals surface area contributed by atoms with Crippen LogP contribution in [0.15, 0.2) is 41.3 Å². The molecule has 2 N–H and O–H groups in total. The van der Waals surface area contributed by atoms with Gasteiger partial charge in [0.2, 0.25) is 0 Å². The summed E-state index contributed by atoms with van der Waals surface area (Å²) in [6, 6.07) is 9.31. The molecule has 3 heterocycles. The number of nitrogens with one attached hydrogen (secondary N) is 2. The van der Waals surface area contributed by atoms with E-state index in [1.54, 1.807) is 12.3 Å². The standard InChI is InChI=1S/C22H26N6O2/c1-3-17-22(30)26-20-12-15(4-6-18(20)25-17)14-27-8-10-28(11-9-27)16-5-7-19(24-13-16)21(29)23-2/h4-7,12-13H,3,8-11,14H2,1-2H3,(H,23,29)(H,26,30)/i2D3. The largest absolute Gasteiger partial charge is 0.368 e. The monoisotopic (exact) mass is 409 g/mol. The first-order chi connectivity index (χ1) is 15.7. The number of fused-ring (bicyclic) bond motifs is 1. The number of aromatic amines is 1. The fourth-order valence-electron chi connectivity index (χ4n) is 3.70. The van der Waals surface area contributed by atoms with E-state index in [9.17, 15) is 9.59 Å². The van der Waals surface area contributed by atoms with Gasteiger partial charge < -0.3 is 15.2 Å². The molecule has 4 rings (SSSR count). The molecule has 1 aromatic carbocycles. The lowest BCUT2D eigenvalue weighted by Crippen LogP contribution is -2.46. The van der Waals surface area contributed by atoms with E-state index >= 15 is 0 Å². The van der Waals surface area contributed by atoms with Crippen LogP contribution in [0.3, 0.4) is 0 Å². The van der Waals surface area contributed by atoms with E-state index in [1.165, 1.54) is 6.07 Å². The number of aromatic nitrogens is 3. The first-order valence-corrected chi connectivity index (χ1v) is 9.99. The van der Waals surface area contributed by atoms with E-state index in [-0.39, 0.29) is 11.3 Å². The molecule has 1 amide bonds. The van der Waals surface area contributed by atoms with Gasteiger partial charge in [0.15, 0.2) is 0 Å². The predicted molar refractivity (Wildman–Crippen MR) is 117 cm³/mol. The average Bonchev–Trinajstić information content (AvgIpc) is 2.78. The number of amides is 1. The summed E-state index contributed by atoms with van der Waals surface area (Å²) >= 11 is 0. The molecule has 3 aromatic rings. The molecule has 156 valence electrons. The molecule has 1 saturated heterocycles. The molecule has 0 unspecified atom stereocenters. The maximum Gasteiger partial charge on any atom is 0.270 e. The van der Waals surface area contributed by atoms with Gasteiger partial charge in [0.05, 0.1) is 22.9 Å². The second kappa shape index (κ2) is 8.62. The number of pyridine rings is 1. The van der Waals surface area contributed by atoms with Crippen molar-refractivity contribution >= 4 is 22.6 Å². The highest BCUT2D eigenvalue weighted by molar-refractivity contribution is 5.92. The third kappa shape index (κ3) is 4.18. The molecule has 0 radical (unpaired) electrons. The molecule has 2 aromatic heterocycles. The van der Waals surface area contributed by atoms with Crippen LogP contribution in [0.4, 0.5) is 5.69 Å². The van der Waals surface area contributed by atoms with E-state index in [1.807, 2.05) is 30.4 Å². The number of benzene rings is 1. The number of hydrogen-bond acceptors (Lipinski definition) is 6. The van der Waals surface area contributed by atoms with E-state index in [0.717, 1.165) is 55.0 Å². The van der Waals surface area contributed by atoms with Crippen LogP contribution in [0.1, 0.15) is 32.8 Å². The third-order valence-electron chi connectivity index (χ3n) is 5.40. The Morgan fingerprint density at radius 1 is 1.23 bits per heavy atom. The van der Waals surface area contributed by atoms with Crippen LogP contribution < -0.4 is 15.8 Å². The van der Waals surface area contributed by atoms with Crippen LogP contribution in [-0.4, -0.2) is 58.9 Å². The van der Waals surface area contributed by atoms with Crippen molar-refractivity contribution in [2.75, 3.05) is 38.1 Å². The Balaban J connectivity index is 1.35. The topological polar surface area (TPSA) is 94.2 Å². The zero-order chi connectivity index (χ0) is 23.6. The molecule has 0 bridgehead atoms. The van der Waals surface area contributed by atoms with E-state index in [0.29, 0.717) is 12.1 Å². The lowest BCUT2D eigenvalue weighted by molar-refractivity contribution is 0.0958. The lowest BCUT2D eigenvalue weighted by Gasteiger charge is -2.36. The number of rotatable bonds is 5. The fourth-order valence-corrected chi connectivity index (χ4v) is 3.70. The number of carbonyl (C=O) groups excluding carboxylic acids is 1. The van der Waals surface area contributed by atoms with Crippen molar-refractivity contribution in [2.45, 2.75) is 19.9 Å². The molecule has 8 heteroatoms. The molecule has 1 aliphatic heterocycles. The average molecular weight is 410 g/mol. The van der Waals surface area contributed by atoms with Gasteiger partial charge in [0.25, 0.3) is 11.5 Å². The van der Waals surface area contributed by atoms with Gasteiger partial charge in [0, 0.05) is 43.8 Å². The summed E-state index contributed by atoms with van der Waals surface area (Å²) in [6.07, 6.45) is 2.20.